The Hall–Kier alpha value is -2.29. The number of methoxy groups -OCH3 is 2. The second-order valence-electron chi connectivity index (χ2n) is 7.13. The van der Waals surface area contributed by atoms with Crippen molar-refractivity contribution in [2.45, 2.75) is 25.2 Å². The molecule has 0 bridgehead atoms. The molecule has 0 aliphatic carbocycles. The number of aromatic nitrogens is 1. The first-order valence-electron chi connectivity index (χ1n) is 10.8. The van der Waals surface area contributed by atoms with Gasteiger partial charge in [-0.25, -0.2) is 4.98 Å². The van der Waals surface area contributed by atoms with Gasteiger partial charge in [0.15, 0.2) is 5.13 Å². The first kappa shape index (κ1) is 24.4. The Morgan fingerprint density at radius 2 is 1.69 bits per heavy atom. The molecular formula is C24H31N3O3S2. The number of carbonyl (C=O) groups is 1. The van der Waals surface area contributed by atoms with Gasteiger partial charge in [-0.3, -0.25) is 9.69 Å². The van der Waals surface area contributed by atoms with Gasteiger partial charge in [0, 0.05) is 30.2 Å². The molecular weight excluding hydrogens is 442 g/mol. The molecule has 0 unspecified atom stereocenters. The van der Waals surface area contributed by atoms with Gasteiger partial charge in [-0.15, -0.1) is 11.8 Å². The average Bonchev–Trinajstić information content (AvgIpc) is 3.27. The van der Waals surface area contributed by atoms with Crippen LogP contribution in [0.15, 0.2) is 47.4 Å². The monoisotopic (exact) mass is 473 g/mol. The number of anilines is 1. The number of rotatable bonds is 12. The molecule has 0 aliphatic heterocycles. The van der Waals surface area contributed by atoms with Crippen molar-refractivity contribution < 1.29 is 14.3 Å². The summed E-state index contributed by atoms with van der Waals surface area (Å²) in [6, 6.07) is 13.9. The van der Waals surface area contributed by atoms with Gasteiger partial charge in [0.05, 0.1) is 14.2 Å². The maximum Gasteiger partial charge on any atom is 0.229 e. The van der Waals surface area contributed by atoms with Gasteiger partial charge in [-0.2, -0.15) is 0 Å². The Kier molecular flexibility index (Phi) is 9.20. The minimum absolute atomic E-state index is 0.0811. The topological polar surface area (TPSA) is 54.9 Å². The lowest BCUT2D eigenvalue weighted by molar-refractivity contribution is -0.118. The lowest BCUT2D eigenvalue weighted by Gasteiger charge is -2.24. The Labute approximate surface area is 198 Å². The fourth-order valence-corrected chi connectivity index (χ4v) is 5.39. The van der Waals surface area contributed by atoms with Crippen molar-refractivity contribution in [2.75, 3.05) is 51.1 Å². The van der Waals surface area contributed by atoms with Crippen LogP contribution in [-0.2, 0) is 4.79 Å². The summed E-state index contributed by atoms with van der Waals surface area (Å²) in [7, 11) is 3.27. The third-order valence-electron chi connectivity index (χ3n) is 5.29. The smallest absolute Gasteiger partial charge is 0.229 e. The predicted octanol–water partition coefficient (Wildman–Crippen LogP) is 5.17. The van der Waals surface area contributed by atoms with E-state index in [1.807, 2.05) is 35.2 Å². The van der Waals surface area contributed by atoms with Crippen molar-refractivity contribution >= 4 is 44.4 Å². The van der Waals surface area contributed by atoms with Gasteiger partial charge in [-0.05, 0) is 37.4 Å². The van der Waals surface area contributed by atoms with E-state index >= 15 is 0 Å². The van der Waals surface area contributed by atoms with E-state index in [-0.39, 0.29) is 5.91 Å². The molecule has 3 rings (SSSR count). The third kappa shape index (κ3) is 5.94. The summed E-state index contributed by atoms with van der Waals surface area (Å²) in [4.78, 5) is 23.4. The zero-order valence-corrected chi connectivity index (χ0v) is 20.8. The number of benzene rings is 2. The number of ether oxygens (including phenoxy) is 2. The van der Waals surface area contributed by atoms with Crippen molar-refractivity contribution in [1.82, 2.24) is 9.88 Å². The fourth-order valence-electron chi connectivity index (χ4n) is 3.41. The summed E-state index contributed by atoms with van der Waals surface area (Å²) >= 11 is 3.17. The summed E-state index contributed by atoms with van der Waals surface area (Å²) in [5.74, 6) is 2.22. The minimum Gasteiger partial charge on any atom is -0.495 e. The number of thioether (sulfide) groups is 1. The van der Waals surface area contributed by atoms with E-state index < -0.39 is 0 Å². The number of likely N-dealkylation sites (N-methyl/N-ethyl adjacent to an activating group) is 1. The van der Waals surface area contributed by atoms with Crippen LogP contribution in [0.5, 0.6) is 11.5 Å². The van der Waals surface area contributed by atoms with Crippen LogP contribution in [-0.4, -0.2) is 61.9 Å². The first-order chi connectivity index (χ1) is 15.6. The van der Waals surface area contributed by atoms with Crippen molar-refractivity contribution in [2.24, 2.45) is 0 Å². The Morgan fingerprint density at radius 3 is 2.34 bits per heavy atom. The van der Waals surface area contributed by atoms with E-state index in [1.54, 1.807) is 26.0 Å². The molecule has 6 nitrogen and oxygen atoms in total. The van der Waals surface area contributed by atoms with Gasteiger partial charge >= 0.3 is 0 Å². The summed E-state index contributed by atoms with van der Waals surface area (Å²) < 4.78 is 11.9. The van der Waals surface area contributed by atoms with E-state index in [4.69, 9.17) is 14.5 Å². The maximum absolute atomic E-state index is 13.3. The second kappa shape index (κ2) is 12.1. The molecule has 32 heavy (non-hydrogen) atoms. The summed E-state index contributed by atoms with van der Waals surface area (Å²) in [5.41, 5.74) is 0.728. The summed E-state index contributed by atoms with van der Waals surface area (Å²) in [6.45, 7) is 7.57. The van der Waals surface area contributed by atoms with E-state index in [1.165, 1.54) is 16.2 Å². The molecule has 1 amide bonds. The van der Waals surface area contributed by atoms with Crippen molar-refractivity contribution in [3.63, 3.8) is 0 Å². The molecule has 0 N–H and O–H groups in total. The van der Waals surface area contributed by atoms with E-state index in [9.17, 15) is 4.79 Å². The number of hydrogen-bond acceptors (Lipinski definition) is 7. The van der Waals surface area contributed by atoms with Gasteiger partial charge < -0.3 is 14.4 Å². The normalized spacial score (nSPS) is 11.2. The van der Waals surface area contributed by atoms with Crippen LogP contribution in [0.3, 0.4) is 0 Å². The molecule has 8 heteroatoms. The molecule has 0 aliphatic rings. The molecule has 172 valence electrons. The highest BCUT2D eigenvalue weighted by Crippen LogP contribution is 2.40. The van der Waals surface area contributed by atoms with Crippen LogP contribution in [0.1, 0.15) is 20.3 Å². The second-order valence-corrected chi connectivity index (χ2v) is 9.27. The molecule has 3 aromatic rings. The average molecular weight is 474 g/mol. The van der Waals surface area contributed by atoms with Gasteiger partial charge in [0.25, 0.3) is 0 Å². The molecule has 0 saturated carbocycles. The number of fused-ring (bicyclic) bond motifs is 1. The molecule has 1 aromatic heterocycles. The van der Waals surface area contributed by atoms with Crippen molar-refractivity contribution in [3.05, 3.63) is 42.5 Å². The van der Waals surface area contributed by atoms with Gasteiger partial charge in [0.2, 0.25) is 5.91 Å². The molecule has 0 saturated heterocycles. The molecule has 0 radical (unpaired) electrons. The molecule has 0 fully saturated rings. The number of amides is 1. The highest BCUT2D eigenvalue weighted by atomic mass is 32.2. The summed E-state index contributed by atoms with van der Waals surface area (Å²) in [5, 5.41) is 0.685. The van der Waals surface area contributed by atoms with Crippen LogP contribution in [0.4, 0.5) is 5.13 Å². The minimum atomic E-state index is 0.0811. The third-order valence-corrected chi connectivity index (χ3v) is 7.40. The van der Waals surface area contributed by atoms with Crippen molar-refractivity contribution in [1.29, 1.82) is 0 Å². The largest absolute Gasteiger partial charge is 0.495 e. The maximum atomic E-state index is 13.3. The highest BCUT2D eigenvalue weighted by molar-refractivity contribution is 7.99. The Bertz CT molecular complexity index is 965. The number of carbonyl (C=O) groups excluding carboxylic acids is 1. The Morgan fingerprint density at radius 1 is 1.00 bits per heavy atom. The SMILES string of the molecule is CCN(CC)CCN(C(=O)CCSc1ccccc1)c1nc2c(OC)ccc(OC)c2s1. The van der Waals surface area contributed by atoms with E-state index in [2.05, 4.69) is 30.9 Å². The number of nitrogens with zero attached hydrogens (tertiary/aromatic N) is 3. The standard InChI is InChI=1S/C24H31N3O3S2/c1-5-26(6-2)15-16-27(21(28)14-17-31-18-10-8-7-9-11-18)24-25-22-19(29-3)12-13-20(30-4)23(22)32-24/h7-13H,5-6,14-17H2,1-4H3. The lowest BCUT2D eigenvalue weighted by Crippen LogP contribution is -2.39. The summed E-state index contributed by atoms with van der Waals surface area (Å²) in [6.07, 6.45) is 0.446. The quantitative estimate of drug-likeness (QED) is 0.338. The zero-order chi connectivity index (χ0) is 22.9. The molecule has 0 spiro atoms. The first-order valence-corrected chi connectivity index (χ1v) is 12.6. The van der Waals surface area contributed by atoms with Crippen molar-refractivity contribution in [3.8, 4) is 11.5 Å². The van der Waals surface area contributed by atoms with E-state index in [0.29, 0.717) is 23.8 Å². The molecule has 0 atom stereocenters. The lowest BCUT2D eigenvalue weighted by atomic mass is 10.3. The molecule has 1 heterocycles. The van der Waals surface area contributed by atoms with Gasteiger partial charge in [-0.1, -0.05) is 43.4 Å². The van der Waals surface area contributed by atoms with E-state index in [0.717, 1.165) is 41.4 Å². The zero-order valence-electron chi connectivity index (χ0n) is 19.2. The predicted molar refractivity (Wildman–Crippen MR) is 135 cm³/mol. The van der Waals surface area contributed by atoms with Crippen LogP contribution in [0.25, 0.3) is 10.2 Å². The molecule has 2 aromatic carbocycles. The number of hydrogen-bond donors (Lipinski definition) is 0. The fraction of sp³-hybridized carbons (Fsp3) is 0.417. The number of thiazole rings is 1. The van der Waals surface area contributed by atoms with Crippen LogP contribution in [0, 0.1) is 0 Å². The Balaban J connectivity index is 1.83. The van der Waals surface area contributed by atoms with Crippen LogP contribution < -0.4 is 14.4 Å². The van der Waals surface area contributed by atoms with Crippen LogP contribution >= 0.6 is 23.1 Å². The van der Waals surface area contributed by atoms with Gasteiger partial charge in [0.1, 0.15) is 21.7 Å². The highest BCUT2D eigenvalue weighted by Gasteiger charge is 2.23. The van der Waals surface area contributed by atoms with Crippen LogP contribution in [0.2, 0.25) is 0 Å².